The number of fused-ring (bicyclic) bond motifs is 2. The van der Waals surface area contributed by atoms with Crippen LogP contribution in [-0.2, 0) is 9.59 Å². The molecule has 28 heavy (non-hydrogen) atoms. The number of carbonyl (C=O) groups is 2. The Morgan fingerprint density at radius 3 is 2.50 bits per heavy atom. The molecular formula is C21H32ClN3O3. The Morgan fingerprint density at radius 2 is 1.89 bits per heavy atom. The molecule has 3 rings (SSSR count). The van der Waals surface area contributed by atoms with E-state index in [-0.39, 0.29) is 36.7 Å². The van der Waals surface area contributed by atoms with Crippen LogP contribution in [0.3, 0.4) is 0 Å². The van der Waals surface area contributed by atoms with E-state index in [1.54, 1.807) is 0 Å². The molecule has 0 spiro atoms. The zero-order chi connectivity index (χ0) is 19.4. The van der Waals surface area contributed by atoms with Gasteiger partial charge in [-0.05, 0) is 38.7 Å². The summed E-state index contributed by atoms with van der Waals surface area (Å²) in [6, 6.07) is 8.57. The number of piperidine rings is 1. The highest BCUT2D eigenvalue weighted by Crippen LogP contribution is 2.31. The molecule has 7 heteroatoms. The maximum atomic E-state index is 13.0. The molecule has 2 aliphatic rings. The standard InChI is InChI=1S/C21H31N3O3.ClH/c1-4-27-20-8-6-5-7-18(20)19(22-14(2)25)13-21(26)24(3)17-11-15-9-10-16(12-17)23-15;/h5-8,15-17,19,23H,4,9-13H2,1-3H3,(H,22,25);1H. The highest BCUT2D eigenvalue weighted by atomic mass is 35.5. The fraction of sp³-hybridized carbons (Fsp3) is 0.619. The van der Waals surface area contributed by atoms with Crippen molar-refractivity contribution in [3.63, 3.8) is 0 Å². The van der Waals surface area contributed by atoms with E-state index < -0.39 is 6.04 Å². The van der Waals surface area contributed by atoms with Crippen LogP contribution in [0.5, 0.6) is 5.75 Å². The third kappa shape index (κ3) is 5.39. The third-order valence-corrected chi connectivity index (χ3v) is 5.74. The molecule has 2 N–H and O–H groups in total. The molecule has 2 aliphatic heterocycles. The molecule has 2 amide bonds. The summed E-state index contributed by atoms with van der Waals surface area (Å²) in [4.78, 5) is 26.7. The number of halogens is 1. The van der Waals surface area contributed by atoms with Crippen molar-refractivity contribution in [2.24, 2.45) is 0 Å². The second-order valence-electron chi connectivity index (χ2n) is 7.70. The van der Waals surface area contributed by atoms with Gasteiger partial charge in [0.25, 0.3) is 0 Å². The van der Waals surface area contributed by atoms with Crippen molar-refractivity contribution in [2.45, 2.75) is 70.1 Å². The Kier molecular flexibility index (Phi) is 8.13. The molecule has 2 bridgehead atoms. The van der Waals surface area contributed by atoms with Gasteiger partial charge in [-0.15, -0.1) is 12.4 Å². The minimum absolute atomic E-state index is 0. The fourth-order valence-electron chi connectivity index (χ4n) is 4.41. The summed E-state index contributed by atoms with van der Waals surface area (Å²) in [6.07, 6.45) is 4.68. The number of nitrogens with zero attached hydrogens (tertiary/aromatic N) is 1. The fourth-order valence-corrected chi connectivity index (χ4v) is 4.41. The average Bonchev–Trinajstić information content (AvgIpc) is 2.98. The predicted octanol–water partition coefficient (Wildman–Crippen LogP) is 2.82. The Bertz CT molecular complexity index is 673. The first-order valence-electron chi connectivity index (χ1n) is 9.98. The number of rotatable bonds is 7. The molecule has 3 unspecified atom stereocenters. The molecule has 0 radical (unpaired) electrons. The molecule has 2 saturated heterocycles. The van der Waals surface area contributed by atoms with Crippen LogP contribution in [0.25, 0.3) is 0 Å². The van der Waals surface area contributed by atoms with E-state index in [0.29, 0.717) is 24.4 Å². The highest BCUT2D eigenvalue weighted by Gasteiger charge is 2.36. The van der Waals surface area contributed by atoms with E-state index in [1.165, 1.54) is 19.8 Å². The normalized spacial score (nSPS) is 24.0. The molecule has 2 fully saturated rings. The Balaban J connectivity index is 0.00000280. The highest BCUT2D eigenvalue weighted by molar-refractivity contribution is 5.85. The van der Waals surface area contributed by atoms with Crippen molar-refractivity contribution in [1.29, 1.82) is 0 Å². The summed E-state index contributed by atoms with van der Waals surface area (Å²) in [5.41, 5.74) is 0.849. The van der Waals surface area contributed by atoms with Crippen molar-refractivity contribution < 1.29 is 14.3 Å². The van der Waals surface area contributed by atoms with Gasteiger partial charge in [0.1, 0.15) is 5.75 Å². The lowest BCUT2D eigenvalue weighted by Gasteiger charge is -2.36. The summed E-state index contributed by atoms with van der Waals surface area (Å²) in [7, 11) is 1.90. The quantitative estimate of drug-likeness (QED) is 0.726. The second kappa shape index (κ2) is 10.1. The van der Waals surface area contributed by atoms with Crippen molar-refractivity contribution in [2.75, 3.05) is 13.7 Å². The van der Waals surface area contributed by atoms with E-state index in [0.717, 1.165) is 18.4 Å². The van der Waals surface area contributed by atoms with Crippen LogP contribution >= 0.6 is 12.4 Å². The van der Waals surface area contributed by atoms with Gasteiger partial charge in [-0.25, -0.2) is 0 Å². The van der Waals surface area contributed by atoms with Gasteiger partial charge in [0, 0.05) is 37.7 Å². The van der Waals surface area contributed by atoms with Gasteiger partial charge in [-0.1, -0.05) is 18.2 Å². The SMILES string of the molecule is CCOc1ccccc1C(CC(=O)N(C)C1CC2CCC(C1)N2)NC(C)=O.Cl. The van der Waals surface area contributed by atoms with E-state index in [1.807, 2.05) is 43.1 Å². The topological polar surface area (TPSA) is 70.7 Å². The summed E-state index contributed by atoms with van der Waals surface area (Å²) < 4.78 is 5.71. The Labute approximate surface area is 173 Å². The molecule has 156 valence electrons. The lowest BCUT2D eigenvalue weighted by molar-refractivity contribution is -0.133. The molecule has 3 atom stereocenters. The van der Waals surface area contributed by atoms with Crippen LogP contribution in [0.4, 0.5) is 0 Å². The summed E-state index contributed by atoms with van der Waals surface area (Å²) >= 11 is 0. The van der Waals surface area contributed by atoms with E-state index in [2.05, 4.69) is 10.6 Å². The number of nitrogens with one attached hydrogen (secondary N) is 2. The molecule has 1 aromatic carbocycles. The molecule has 1 aromatic rings. The number of benzene rings is 1. The van der Waals surface area contributed by atoms with E-state index in [4.69, 9.17) is 4.74 Å². The number of hydrogen-bond donors (Lipinski definition) is 2. The largest absolute Gasteiger partial charge is 0.494 e. The first-order chi connectivity index (χ1) is 13.0. The van der Waals surface area contributed by atoms with Crippen molar-refractivity contribution >= 4 is 24.2 Å². The summed E-state index contributed by atoms with van der Waals surface area (Å²) in [5.74, 6) is 0.627. The van der Waals surface area contributed by atoms with Crippen LogP contribution in [0.15, 0.2) is 24.3 Å². The number of ether oxygens (including phenoxy) is 1. The summed E-state index contributed by atoms with van der Waals surface area (Å²) in [5, 5.41) is 6.55. The van der Waals surface area contributed by atoms with Gasteiger partial charge in [0.05, 0.1) is 19.1 Å². The van der Waals surface area contributed by atoms with Crippen LogP contribution in [-0.4, -0.2) is 48.5 Å². The van der Waals surface area contributed by atoms with Gasteiger partial charge in [-0.2, -0.15) is 0 Å². The molecule has 0 aliphatic carbocycles. The molecule has 0 aromatic heterocycles. The Morgan fingerprint density at radius 1 is 1.25 bits per heavy atom. The molecule has 6 nitrogen and oxygen atoms in total. The lowest BCUT2D eigenvalue weighted by Crippen LogP contribution is -2.49. The van der Waals surface area contributed by atoms with Gasteiger partial charge in [-0.3, -0.25) is 9.59 Å². The first-order valence-corrected chi connectivity index (χ1v) is 9.98. The van der Waals surface area contributed by atoms with Crippen molar-refractivity contribution in [1.82, 2.24) is 15.5 Å². The maximum absolute atomic E-state index is 13.0. The number of para-hydroxylation sites is 1. The van der Waals surface area contributed by atoms with Gasteiger partial charge in [0.15, 0.2) is 0 Å². The molecular weight excluding hydrogens is 378 g/mol. The number of amides is 2. The van der Waals surface area contributed by atoms with Crippen molar-refractivity contribution in [3.05, 3.63) is 29.8 Å². The van der Waals surface area contributed by atoms with Gasteiger partial charge >= 0.3 is 0 Å². The summed E-state index contributed by atoms with van der Waals surface area (Å²) in [6.45, 7) is 3.94. The first kappa shape index (κ1) is 22.5. The van der Waals surface area contributed by atoms with Crippen LogP contribution in [0.2, 0.25) is 0 Å². The van der Waals surface area contributed by atoms with Crippen molar-refractivity contribution in [3.8, 4) is 5.75 Å². The van der Waals surface area contributed by atoms with Crippen LogP contribution in [0.1, 0.15) is 57.6 Å². The lowest BCUT2D eigenvalue weighted by atomic mass is 9.97. The Hall–Kier alpha value is -1.79. The average molecular weight is 410 g/mol. The minimum atomic E-state index is -0.390. The maximum Gasteiger partial charge on any atom is 0.224 e. The van der Waals surface area contributed by atoms with Gasteiger partial charge in [0.2, 0.25) is 11.8 Å². The van der Waals surface area contributed by atoms with E-state index in [9.17, 15) is 9.59 Å². The smallest absolute Gasteiger partial charge is 0.224 e. The zero-order valence-corrected chi connectivity index (χ0v) is 17.8. The molecule has 2 heterocycles. The van der Waals surface area contributed by atoms with Crippen LogP contribution in [0, 0.1) is 0 Å². The minimum Gasteiger partial charge on any atom is -0.494 e. The van der Waals surface area contributed by atoms with Gasteiger partial charge < -0.3 is 20.3 Å². The third-order valence-electron chi connectivity index (χ3n) is 5.74. The zero-order valence-electron chi connectivity index (χ0n) is 16.9. The molecule has 0 saturated carbocycles. The monoisotopic (exact) mass is 409 g/mol. The number of carbonyl (C=O) groups excluding carboxylic acids is 2. The van der Waals surface area contributed by atoms with Crippen LogP contribution < -0.4 is 15.4 Å². The van der Waals surface area contributed by atoms with E-state index >= 15 is 0 Å². The predicted molar refractivity (Wildman–Crippen MR) is 112 cm³/mol. The second-order valence-corrected chi connectivity index (χ2v) is 7.70. The number of hydrogen-bond acceptors (Lipinski definition) is 4.